The fraction of sp³-hybridized carbons (Fsp3) is 0.364. The van der Waals surface area contributed by atoms with Crippen LogP contribution in [0.5, 0.6) is 0 Å². The summed E-state index contributed by atoms with van der Waals surface area (Å²) in [6.45, 7) is 6.29. The van der Waals surface area contributed by atoms with Gasteiger partial charge in [-0.2, -0.15) is 5.26 Å². The van der Waals surface area contributed by atoms with Gasteiger partial charge in [0.15, 0.2) is 0 Å². The van der Waals surface area contributed by atoms with E-state index in [-0.39, 0.29) is 0 Å². The van der Waals surface area contributed by atoms with Crippen molar-refractivity contribution in [2.45, 2.75) is 26.7 Å². The topological polar surface area (TPSA) is 23.8 Å². The molecular formula is C11H13N. The summed E-state index contributed by atoms with van der Waals surface area (Å²) in [7, 11) is 0. The molecule has 0 aliphatic heterocycles. The molecule has 0 bridgehead atoms. The van der Waals surface area contributed by atoms with Crippen LogP contribution in [-0.2, 0) is 0 Å². The molecule has 0 fully saturated rings. The summed E-state index contributed by atoms with van der Waals surface area (Å²) in [5, 5.41) is 8.77. The van der Waals surface area contributed by atoms with Crippen molar-refractivity contribution < 1.29 is 0 Å². The second-order valence-corrected chi connectivity index (χ2v) is 3.29. The van der Waals surface area contributed by atoms with Crippen LogP contribution >= 0.6 is 0 Å². The molecule has 62 valence electrons. The Hall–Kier alpha value is -1.29. The Morgan fingerprint density at radius 2 is 2.00 bits per heavy atom. The quantitative estimate of drug-likeness (QED) is 0.618. The van der Waals surface area contributed by atoms with Crippen LogP contribution in [0.2, 0.25) is 0 Å². The number of nitrogens with zero attached hydrogens (tertiary/aromatic N) is 1. The van der Waals surface area contributed by atoms with E-state index in [1.807, 2.05) is 19.1 Å². The second kappa shape index (κ2) is 3.40. The van der Waals surface area contributed by atoms with Gasteiger partial charge in [0, 0.05) is 0 Å². The van der Waals surface area contributed by atoms with Crippen molar-refractivity contribution in [2.24, 2.45) is 0 Å². The number of rotatable bonds is 1. The van der Waals surface area contributed by atoms with Crippen LogP contribution in [0.15, 0.2) is 18.2 Å². The van der Waals surface area contributed by atoms with Gasteiger partial charge in [-0.05, 0) is 30.0 Å². The minimum atomic E-state index is 0.498. The highest BCUT2D eigenvalue weighted by molar-refractivity contribution is 5.42. The zero-order valence-electron chi connectivity index (χ0n) is 7.76. The highest BCUT2D eigenvalue weighted by Gasteiger charge is 2.05. The zero-order chi connectivity index (χ0) is 9.14. The van der Waals surface area contributed by atoms with Gasteiger partial charge in [0.2, 0.25) is 0 Å². The minimum Gasteiger partial charge on any atom is -0.192 e. The van der Waals surface area contributed by atoms with Crippen molar-refractivity contribution in [3.63, 3.8) is 0 Å². The molecule has 0 radical (unpaired) electrons. The van der Waals surface area contributed by atoms with Gasteiger partial charge in [0.05, 0.1) is 11.6 Å². The van der Waals surface area contributed by atoms with Gasteiger partial charge in [0.1, 0.15) is 0 Å². The zero-order valence-corrected chi connectivity index (χ0v) is 7.76. The van der Waals surface area contributed by atoms with E-state index in [4.69, 9.17) is 5.26 Å². The van der Waals surface area contributed by atoms with E-state index >= 15 is 0 Å². The van der Waals surface area contributed by atoms with Gasteiger partial charge >= 0.3 is 0 Å². The summed E-state index contributed by atoms with van der Waals surface area (Å²) < 4.78 is 0. The molecule has 1 aromatic carbocycles. The van der Waals surface area contributed by atoms with Crippen LogP contribution in [0.25, 0.3) is 0 Å². The molecule has 0 saturated heterocycles. The number of nitriles is 1. The van der Waals surface area contributed by atoms with Gasteiger partial charge in [0.25, 0.3) is 0 Å². The van der Waals surface area contributed by atoms with Crippen LogP contribution in [0.4, 0.5) is 0 Å². The first-order chi connectivity index (χ1) is 5.66. The maximum absolute atomic E-state index is 8.77. The van der Waals surface area contributed by atoms with Gasteiger partial charge in [-0.1, -0.05) is 26.0 Å². The SMILES string of the molecule is Cc1c(C#N)cccc1C(C)C. The average molecular weight is 159 g/mol. The fourth-order valence-electron chi connectivity index (χ4n) is 1.40. The maximum atomic E-state index is 8.77. The molecule has 1 aromatic rings. The van der Waals surface area contributed by atoms with Crippen LogP contribution in [0.3, 0.4) is 0 Å². The Labute approximate surface area is 73.6 Å². The number of hydrogen-bond acceptors (Lipinski definition) is 1. The highest BCUT2D eigenvalue weighted by Crippen LogP contribution is 2.20. The van der Waals surface area contributed by atoms with Gasteiger partial charge in [-0.25, -0.2) is 0 Å². The Bertz CT molecular complexity index is 318. The fourth-order valence-corrected chi connectivity index (χ4v) is 1.40. The van der Waals surface area contributed by atoms with E-state index in [1.165, 1.54) is 5.56 Å². The monoisotopic (exact) mass is 159 g/mol. The predicted octanol–water partition coefficient (Wildman–Crippen LogP) is 2.99. The second-order valence-electron chi connectivity index (χ2n) is 3.29. The van der Waals surface area contributed by atoms with E-state index in [1.54, 1.807) is 0 Å². The van der Waals surface area contributed by atoms with Crippen molar-refractivity contribution >= 4 is 0 Å². The van der Waals surface area contributed by atoms with E-state index in [2.05, 4.69) is 26.0 Å². The van der Waals surface area contributed by atoms with E-state index < -0.39 is 0 Å². The molecule has 0 N–H and O–H groups in total. The first-order valence-corrected chi connectivity index (χ1v) is 4.16. The normalized spacial score (nSPS) is 9.92. The van der Waals surface area contributed by atoms with E-state index in [0.29, 0.717) is 5.92 Å². The molecule has 0 aromatic heterocycles. The highest BCUT2D eigenvalue weighted by atomic mass is 14.2. The molecule has 0 aliphatic carbocycles. The van der Waals surface area contributed by atoms with Crippen molar-refractivity contribution in [3.05, 3.63) is 34.9 Å². The Balaban J connectivity index is 3.25. The standard InChI is InChI=1S/C11H13N/c1-8(2)11-6-4-5-10(7-12)9(11)3/h4-6,8H,1-3H3. The van der Waals surface area contributed by atoms with Crippen LogP contribution in [0, 0.1) is 18.3 Å². The third-order valence-electron chi connectivity index (χ3n) is 2.12. The molecule has 0 amide bonds. The van der Waals surface area contributed by atoms with Crippen LogP contribution in [0.1, 0.15) is 36.5 Å². The lowest BCUT2D eigenvalue weighted by Gasteiger charge is -2.09. The minimum absolute atomic E-state index is 0.498. The first-order valence-electron chi connectivity index (χ1n) is 4.16. The van der Waals surface area contributed by atoms with Crippen molar-refractivity contribution in [1.82, 2.24) is 0 Å². The van der Waals surface area contributed by atoms with Crippen LogP contribution < -0.4 is 0 Å². The molecule has 0 saturated carbocycles. The molecule has 1 rings (SSSR count). The summed E-state index contributed by atoms with van der Waals surface area (Å²) in [6, 6.07) is 8.08. The predicted molar refractivity (Wildman–Crippen MR) is 50.0 cm³/mol. The third-order valence-corrected chi connectivity index (χ3v) is 2.12. The Morgan fingerprint density at radius 3 is 2.50 bits per heavy atom. The lowest BCUT2D eigenvalue weighted by molar-refractivity contribution is 0.855. The molecule has 1 nitrogen and oxygen atoms in total. The summed E-state index contributed by atoms with van der Waals surface area (Å²) in [5.41, 5.74) is 3.19. The van der Waals surface area contributed by atoms with E-state index in [9.17, 15) is 0 Å². The summed E-state index contributed by atoms with van der Waals surface area (Å²) in [4.78, 5) is 0. The lowest BCUT2D eigenvalue weighted by Crippen LogP contribution is -1.93. The summed E-state index contributed by atoms with van der Waals surface area (Å²) >= 11 is 0. The van der Waals surface area contributed by atoms with Gasteiger partial charge in [-0.3, -0.25) is 0 Å². The molecule has 0 unspecified atom stereocenters. The molecule has 0 heterocycles. The molecule has 0 spiro atoms. The lowest BCUT2D eigenvalue weighted by atomic mass is 9.95. The molecule has 1 heteroatoms. The van der Waals surface area contributed by atoms with Gasteiger partial charge in [-0.15, -0.1) is 0 Å². The number of benzene rings is 1. The van der Waals surface area contributed by atoms with Crippen molar-refractivity contribution in [3.8, 4) is 6.07 Å². The maximum Gasteiger partial charge on any atom is 0.0994 e. The molecule has 0 atom stereocenters. The number of hydrogen-bond donors (Lipinski definition) is 0. The molecule has 0 aliphatic rings. The largest absolute Gasteiger partial charge is 0.192 e. The van der Waals surface area contributed by atoms with Crippen molar-refractivity contribution in [1.29, 1.82) is 5.26 Å². The smallest absolute Gasteiger partial charge is 0.0994 e. The third kappa shape index (κ3) is 1.48. The first kappa shape index (κ1) is 8.80. The Morgan fingerprint density at radius 1 is 1.33 bits per heavy atom. The van der Waals surface area contributed by atoms with E-state index in [0.717, 1.165) is 11.1 Å². The van der Waals surface area contributed by atoms with Gasteiger partial charge < -0.3 is 0 Å². The summed E-state index contributed by atoms with van der Waals surface area (Å²) in [5.74, 6) is 0.498. The molecular weight excluding hydrogens is 146 g/mol. The van der Waals surface area contributed by atoms with Crippen molar-refractivity contribution in [2.75, 3.05) is 0 Å². The molecule has 12 heavy (non-hydrogen) atoms. The average Bonchev–Trinajstić information content (AvgIpc) is 2.04. The summed E-state index contributed by atoms with van der Waals surface area (Å²) in [6.07, 6.45) is 0. The Kier molecular flexibility index (Phi) is 2.50. The van der Waals surface area contributed by atoms with Crippen LogP contribution in [-0.4, -0.2) is 0 Å².